The van der Waals surface area contributed by atoms with Gasteiger partial charge in [0.2, 0.25) is 0 Å². The molecule has 2 rings (SSSR count). The molecule has 0 bridgehead atoms. The third kappa shape index (κ3) is 2.63. The second-order valence-corrected chi connectivity index (χ2v) is 3.28. The van der Waals surface area contributed by atoms with Crippen molar-refractivity contribution in [1.82, 2.24) is 15.3 Å². The Morgan fingerprint density at radius 1 is 1.33 bits per heavy atom. The number of nitrogens with zero attached hydrogens (tertiary/aromatic N) is 2. The van der Waals surface area contributed by atoms with Crippen LogP contribution in [0.25, 0.3) is 0 Å². The van der Waals surface area contributed by atoms with E-state index in [1.54, 1.807) is 24.7 Å². The van der Waals surface area contributed by atoms with Crippen LogP contribution in [0.15, 0.2) is 41.3 Å². The lowest BCUT2D eigenvalue weighted by molar-refractivity contribution is 0.427. The van der Waals surface area contributed by atoms with Gasteiger partial charge in [0, 0.05) is 12.4 Å². The largest absolute Gasteiger partial charge is 0.468 e. The number of hydrogen-bond donors (Lipinski definition) is 1. The highest BCUT2D eigenvalue weighted by Gasteiger charge is 2.07. The lowest BCUT2D eigenvalue weighted by atomic mass is 10.2. The van der Waals surface area contributed by atoms with Crippen molar-refractivity contribution >= 4 is 0 Å². The molecular weight excluding hydrogens is 190 g/mol. The highest BCUT2D eigenvalue weighted by molar-refractivity contribution is 5.03. The summed E-state index contributed by atoms with van der Waals surface area (Å²) in [4.78, 5) is 8.26. The van der Waals surface area contributed by atoms with Crippen molar-refractivity contribution in [1.29, 1.82) is 0 Å². The van der Waals surface area contributed by atoms with Crippen LogP contribution in [0.3, 0.4) is 0 Å². The molecular formula is C11H13N3O. The van der Waals surface area contributed by atoms with Gasteiger partial charge >= 0.3 is 0 Å². The van der Waals surface area contributed by atoms with Crippen molar-refractivity contribution in [3.8, 4) is 0 Å². The van der Waals surface area contributed by atoms with Crippen LogP contribution in [0, 0.1) is 0 Å². The summed E-state index contributed by atoms with van der Waals surface area (Å²) in [7, 11) is 0. The van der Waals surface area contributed by atoms with Crippen LogP contribution < -0.4 is 5.32 Å². The summed E-state index contributed by atoms with van der Waals surface area (Å²) >= 11 is 0. The number of rotatable bonds is 4. The van der Waals surface area contributed by atoms with Gasteiger partial charge in [-0.05, 0) is 25.1 Å². The minimum Gasteiger partial charge on any atom is -0.468 e. The fraction of sp³-hybridized carbons (Fsp3) is 0.273. The van der Waals surface area contributed by atoms with Crippen LogP contribution in [-0.4, -0.2) is 9.97 Å². The monoisotopic (exact) mass is 203 g/mol. The Kier molecular flexibility index (Phi) is 3.09. The van der Waals surface area contributed by atoms with E-state index < -0.39 is 0 Å². The van der Waals surface area contributed by atoms with E-state index in [0.29, 0.717) is 6.54 Å². The van der Waals surface area contributed by atoms with E-state index in [2.05, 4.69) is 15.3 Å². The van der Waals surface area contributed by atoms with Crippen molar-refractivity contribution in [3.63, 3.8) is 0 Å². The van der Waals surface area contributed by atoms with Crippen molar-refractivity contribution in [2.45, 2.75) is 19.5 Å². The standard InChI is InChI=1S/C11H13N3O/c1-9(10-4-2-7-15-10)14-8-11-12-5-3-6-13-11/h2-7,9,14H,8H2,1H3/t9-/m1/s1. The molecule has 0 radical (unpaired) electrons. The number of nitrogens with one attached hydrogen (secondary N) is 1. The van der Waals surface area contributed by atoms with Crippen molar-refractivity contribution in [2.75, 3.05) is 0 Å². The van der Waals surface area contributed by atoms with Crippen LogP contribution in [0.2, 0.25) is 0 Å². The van der Waals surface area contributed by atoms with Gasteiger partial charge in [0.05, 0.1) is 18.8 Å². The molecule has 1 atom stereocenters. The van der Waals surface area contributed by atoms with E-state index in [4.69, 9.17) is 4.42 Å². The zero-order valence-electron chi connectivity index (χ0n) is 8.55. The lowest BCUT2D eigenvalue weighted by Crippen LogP contribution is -2.18. The van der Waals surface area contributed by atoms with Gasteiger partial charge in [-0.1, -0.05) is 0 Å². The fourth-order valence-corrected chi connectivity index (χ4v) is 1.30. The SMILES string of the molecule is C[C@@H](NCc1ncccn1)c1ccco1. The smallest absolute Gasteiger partial charge is 0.141 e. The quantitative estimate of drug-likeness (QED) is 0.824. The Bertz CT molecular complexity index is 385. The molecule has 4 heteroatoms. The van der Waals surface area contributed by atoms with Crippen LogP contribution >= 0.6 is 0 Å². The molecule has 0 aromatic carbocycles. The molecule has 0 spiro atoms. The van der Waals surface area contributed by atoms with Crippen molar-refractivity contribution in [3.05, 3.63) is 48.4 Å². The summed E-state index contributed by atoms with van der Waals surface area (Å²) in [6.07, 6.45) is 5.15. The first kappa shape index (κ1) is 9.86. The maximum absolute atomic E-state index is 5.28. The van der Waals surface area contributed by atoms with Gasteiger partial charge in [-0.3, -0.25) is 0 Å². The number of hydrogen-bond acceptors (Lipinski definition) is 4. The van der Waals surface area contributed by atoms with E-state index in [1.165, 1.54) is 0 Å². The van der Waals surface area contributed by atoms with Gasteiger partial charge in [-0.25, -0.2) is 9.97 Å². The van der Waals surface area contributed by atoms with Gasteiger partial charge < -0.3 is 9.73 Å². The van der Waals surface area contributed by atoms with Gasteiger partial charge in [0.15, 0.2) is 0 Å². The van der Waals surface area contributed by atoms with Gasteiger partial charge in [0.1, 0.15) is 11.6 Å². The third-order valence-electron chi connectivity index (χ3n) is 2.16. The van der Waals surface area contributed by atoms with Gasteiger partial charge in [-0.15, -0.1) is 0 Å². The van der Waals surface area contributed by atoms with E-state index in [0.717, 1.165) is 11.6 Å². The summed E-state index contributed by atoms with van der Waals surface area (Å²) in [6, 6.07) is 5.80. The Labute approximate surface area is 88.4 Å². The zero-order valence-corrected chi connectivity index (χ0v) is 8.55. The Hall–Kier alpha value is -1.68. The number of aromatic nitrogens is 2. The molecule has 0 saturated carbocycles. The summed E-state index contributed by atoms with van der Waals surface area (Å²) in [5, 5.41) is 3.28. The van der Waals surface area contributed by atoms with Crippen LogP contribution in [-0.2, 0) is 6.54 Å². The molecule has 0 aliphatic carbocycles. The average molecular weight is 203 g/mol. The molecule has 15 heavy (non-hydrogen) atoms. The molecule has 4 nitrogen and oxygen atoms in total. The van der Waals surface area contributed by atoms with E-state index in [-0.39, 0.29) is 6.04 Å². The lowest BCUT2D eigenvalue weighted by Gasteiger charge is -2.09. The molecule has 0 amide bonds. The third-order valence-corrected chi connectivity index (χ3v) is 2.16. The van der Waals surface area contributed by atoms with E-state index >= 15 is 0 Å². The minimum atomic E-state index is 0.170. The van der Waals surface area contributed by atoms with Gasteiger partial charge in [-0.2, -0.15) is 0 Å². The first-order valence-electron chi connectivity index (χ1n) is 4.89. The molecule has 78 valence electrons. The predicted octanol–water partition coefficient (Wildman–Crippen LogP) is 1.92. The van der Waals surface area contributed by atoms with Crippen LogP contribution in [0.5, 0.6) is 0 Å². The summed E-state index contributed by atoms with van der Waals surface area (Å²) < 4.78 is 5.28. The van der Waals surface area contributed by atoms with Crippen molar-refractivity contribution in [2.24, 2.45) is 0 Å². The second-order valence-electron chi connectivity index (χ2n) is 3.28. The number of furan rings is 1. The Morgan fingerprint density at radius 3 is 2.80 bits per heavy atom. The predicted molar refractivity (Wildman–Crippen MR) is 56.0 cm³/mol. The zero-order chi connectivity index (χ0) is 10.5. The first-order chi connectivity index (χ1) is 7.36. The highest BCUT2D eigenvalue weighted by atomic mass is 16.3. The molecule has 2 heterocycles. The molecule has 0 aliphatic heterocycles. The molecule has 0 fully saturated rings. The van der Waals surface area contributed by atoms with Crippen molar-refractivity contribution < 1.29 is 4.42 Å². The molecule has 0 aliphatic rings. The topological polar surface area (TPSA) is 51.0 Å². The summed E-state index contributed by atoms with van der Waals surface area (Å²) in [5.41, 5.74) is 0. The summed E-state index contributed by atoms with van der Waals surface area (Å²) in [5.74, 6) is 1.71. The maximum Gasteiger partial charge on any atom is 0.141 e. The first-order valence-corrected chi connectivity index (χ1v) is 4.89. The molecule has 0 unspecified atom stereocenters. The van der Waals surface area contributed by atoms with Crippen LogP contribution in [0.1, 0.15) is 24.6 Å². The average Bonchev–Trinajstić information content (AvgIpc) is 2.81. The fourth-order valence-electron chi connectivity index (χ4n) is 1.30. The normalized spacial score (nSPS) is 12.6. The molecule has 2 aromatic heterocycles. The van der Waals surface area contributed by atoms with Gasteiger partial charge in [0.25, 0.3) is 0 Å². The minimum absolute atomic E-state index is 0.170. The highest BCUT2D eigenvalue weighted by Crippen LogP contribution is 2.12. The molecule has 0 saturated heterocycles. The van der Waals surface area contributed by atoms with E-state index in [9.17, 15) is 0 Å². The molecule has 1 N–H and O–H groups in total. The summed E-state index contributed by atoms with van der Waals surface area (Å²) in [6.45, 7) is 2.68. The maximum atomic E-state index is 5.28. The molecule has 2 aromatic rings. The van der Waals surface area contributed by atoms with E-state index in [1.807, 2.05) is 19.1 Å². The second kappa shape index (κ2) is 4.70. The van der Waals surface area contributed by atoms with Crippen LogP contribution in [0.4, 0.5) is 0 Å². The Balaban J connectivity index is 1.89. The Morgan fingerprint density at radius 2 is 2.13 bits per heavy atom.